The monoisotopic (exact) mass is 230 g/mol. The van der Waals surface area contributed by atoms with Crippen LogP contribution in [0.2, 0.25) is 5.82 Å². The van der Waals surface area contributed by atoms with Gasteiger partial charge in [0.25, 0.3) is 0 Å². The van der Waals surface area contributed by atoms with Crippen LogP contribution in [0.1, 0.15) is 34.1 Å². The van der Waals surface area contributed by atoms with Crippen LogP contribution < -0.4 is 0 Å². The number of ketones is 1. The van der Waals surface area contributed by atoms with Crippen LogP contribution in [-0.4, -0.2) is 32.3 Å². The lowest BCUT2D eigenvalue weighted by atomic mass is 9.68. The van der Waals surface area contributed by atoms with Crippen molar-refractivity contribution in [2.45, 2.75) is 46.1 Å². The van der Waals surface area contributed by atoms with Crippen molar-refractivity contribution in [3.8, 4) is 0 Å². The second-order valence-corrected chi connectivity index (χ2v) is 5.42. The molecule has 5 heteroatoms. The van der Waals surface area contributed by atoms with Gasteiger partial charge in [-0.25, -0.2) is 4.39 Å². The van der Waals surface area contributed by atoms with Crippen molar-refractivity contribution in [1.29, 1.82) is 0 Å². The number of rotatable bonds is 4. The van der Waals surface area contributed by atoms with Crippen molar-refractivity contribution in [3.63, 3.8) is 0 Å². The molecule has 0 spiro atoms. The molecule has 1 aliphatic heterocycles. The summed E-state index contributed by atoms with van der Waals surface area (Å²) in [5.41, 5.74) is 0.0214. The van der Waals surface area contributed by atoms with Gasteiger partial charge < -0.3 is 9.31 Å². The van der Waals surface area contributed by atoms with Crippen molar-refractivity contribution in [2.75, 3.05) is 13.2 Å². The van der Waals surface area contributed by atoms with Gasteiger partial charge in [-0.05, 0) is 12.7 Å². The summed E-state index contributed by atoms with van der Waals surface area (Å²) in [7, 11) is -0.379. The molecule has 1 rings (SSSR count). The molecule has 2 atom stereocenters. The Bertz CT molecular complexity index is 246. The molecule has 3 nitrogen and oxygen atoms in total. The molecular formula is C11H20BFO3. The predicted octanol–water partition coefficient (Wildman–Crippen LogP) is 2.25. The van der Waals surface area contributed by atoms with Crippen LogP contribution in [0.3, 0.4) is 0 Å². The van der Waals surface area contributed by atoms with E-state index >= 15 is 0 Å². The summed E-state index contributed by atoms with van der Waals surface area (Å²) in [6, 6.07) is 0. The Hall–Kier alpha value is -0.415. The van der Waals surface area contributed by atoms with Crippen LogP contribution in [0.5, 0.6) is 0 Å². The van der Waals surface area contributed by atoms with Crippen molar-refractivity contribution >= 4 is 12.9 Å². The molecule has 1 fully saturated rings. The SMILES string of the molecule is CC(CC(=O)C(C)F)B1OCC(C)(C)CO1. The van der Waals surface area contributed by atoms with Gasteiger partial charge in [-0.15, -0.1) is 0 Å². The molecule has 1 saturated heterocycles. The summed E-state index contributed by atoms with van der Waals surface area (Å²) < 4.78 is 23.8. The van der Waals surface area contributed by atoms with Crippen LogP contribution >= 0.6 is 0 Å². The highest BCUT2D eigenvalue weighted by Crippen LogP contribution is 2.27. The average Bonchev–Trinajstić information content (AvgIpc) is 2.17. The normalized spacial score (nSPS) is 23.9. The number of carbonyl (C=O) groups excluding carboxylic acids is 1. The molecule has 16 heavy (non-hydrogen) atoms. The Morgan fingerprint density at radius 1 is 1.38 bits per heavy atom. The number of Topliss-reactive ketones (excluding diaryl/α,β-unsaturated/α-hetero) is 1. The van der Waals surface area contributed by atoms with Crippen LogP contribution in [0, 0.1) is 5.41 Å². The molecule has 0 amide bonds. The van der Waals surface area contributed by atoms with Gasteiger partial charge in [-0.1, -0.05) is 20.8 Å². The molecule has 1 heterocycles. The molecule has 0 aliphatic carbocycles. The zero-order chi connectivity index (χ0) is 12.3. The first-order valence-corrected chi connectivity index (χ1v) is 5.72. The van der Waals surface area contributed by atoms with Gasteiger partial charge in [0, 0.05) is 25.0 Å². The highest BCUT2D eigenvalue weighted by atomic mass is 19.1. The highest BCUT2D eigenvalue weighted by molar-refractivity contribution is 6.46. The first-order chi connectivity index (χ1) is 7.32. The molecule has 0 radical (unpaired) electrons. The van der Waals surface area contributed by atoms with E-state index in [1.54, 1.807) is 0 Å². The summed E-state index contributed by atoms with van der Waals surface area (Å²) in [4.78, 5) is 11.2. The Balaban J connectivity index is 2.39. The van der Waals surface area contributed by atoms with Crippen LogP contribution in [-0.2, 0) is 14.1 Å². The van der Waals surface area contributed by atoms with Gasteiger partial charge >= 0.3 is 7.12 Å². The second-order valence-electron chi connectivity index (χ2n) is 5.42. The zero-order valence-electron chi connectivity index (χ0n) is 10.5. The zero-order valence-corrected chi connectivity index (χ0v) is 10.5. The molecule has 0 saturated carbocycles. The molecule has 0 aromatic rings. The number of alkyl halides is 1. The van der Waals surface area contributed by atoms with E-state index in [2.05, 4.69) is 13.8 Å². The predicted molar refractivity (Wildman–Crippen MR) is 61.1 cm³/mol. The van der Waals surface area contributed by atoms with Crippen molar-refractivity contribution in [2.24, 2.45) is 5.41 Å². The van der Waals surface area contributed by atoms with E-state index in [0.29, 0.717) is 13.2 Å². The fourth-order valence-corrected chi connectivity index (χ4v) is 1.61. The molecule has 0 bridgehead atoms. The topological polar surface area (TPSA) is 35.5 Å². The molecule has 2 unspecified atom stereocenters. The molecular weight excluding hydrogens is 210 g/mol. The fourth-order valence-electron chi connectivity index (χ4n) is 1.61. The van der Waals surface area contributed by atoms with Crippen molar-refractivity contribution < 1.29 is 18.5 Å². The number of hydrogen-bond donors (Lipinski definition) is 0. The maximum atomic E-state index is 12.7. The van der Waals surface area contributed by atoms with E-state index in [0.717, 1.165) is 0 Å². The first kappa shape index (κ1) is 13.6. The smallest absolute Gasteiger partial charge is 0.410 e. The van der Waals surface area contributed by atoms with E-state index in [1.165, 1.54) is 6.92 Å². The Kier molecular flexibility index (Phi) is 4.50. The van der Waals surface area contributed by atoms with Crippen molar-refractivity contribution in [1.82, 2.24) is 0 Å². The first-order valence-electron chi connectivity index (χ1n) is 5.72. The minimum Gasteiger partial charge on any atom is -0.410 e. The van der Waals surface area contributed by atoms with Gasteiger partial charge in [0.2, 0.25) is 0 Å². The quantitative estimate of drug-likeness (QED) is 0.695. The Labute approximate surface area is 96.8 Å². The van der Waals surface area contributed by atoms with Gasteiger partial charge in [0.15, 0.2) is 12.0 Å². The Morgan fingerprint density at radius 3 is 2.31 bits per heavy atom. The maximum absolute atomic E-state index is 12.7. The lowest BCUT2D eigenvalue weighted by Gasteiger charge is -2.35. The summed E-state index contributed by atoms with van der Waals surface area (Å²) in [5.74, 6) is -0.480. The van der Waals surface area contributed by atoms with E-state index < -0.39 is 6.17 Å². The lowest BCUT2D eigenvalue weighted by molar-refractivity contribution is -0.123. The van der Waals surface area contributed by atoms with Crippen LogP contribution in [0.25, 0.3) is 0 Å². The van der Waals surface area contributed by atoms with E-state index in [1.807, 2.05) is 6.92 Å². The summed E-state index contributed by atoms with van der Waals surface area (Å²) in [6.07, 6.45) is -1.23. The largest absolute Gasteiger partial charge is 0.460 e. The van der Waals surface area contributed by atoms with E-state index in [9.17, 15) is 9.18 Å². The van der Waals surface area contributed by atoms with Crippen LogP contribution in [0.4, 0.5) is 4.39 Å². The molecule has 0 aromatic heterocycles. The molecule has 92 valence electrons. The number of halogens is 1. The lowest BCUT2D eigenvalue weighted by Crippen LogP contribution is -2.43. The molecule has 0 N–H and O–H groups in total. The third kappa shape index (κ3) is 3.87. The highest BCUT2D eigenvalue weighted by Gasteiger charge is 2.37. The van der Waals surface area contributed by atoms with Crippen molar-refractivity contribution in [3.05, 3.63) is 0 Å². The minimum absolute atomic E-state index is 0.0214. The number of carbonyl (C=O) groups is 1. The second kappa shape index (κ2) is 5.28. The standard InChI is InChI=1S/C11H20BFO3/c1-8(5-10(14)9(2)13)12-15-6-11(3,4)7-16-12/h8-9H,5-7H2,1-4H3. The van der Waals surface area contributed by atoms with Gasteiger partial charge in [0.1, 0.15) is 0 Å². The van der Waals surface area contributed by atoms with Gasteiger partial charge in [0.05, 0.1) is 0 Å². The molecule has 0 aromatic carbocycles. The molecule has 1 aliphatic rings. The third-order valence-corrected chi connectivity index (χ3v) is 2.71. The van der Waals surface area contributed by atoms with E-state index in [-0.39, 0.29) is 30.6 Å². The van der Waals surface area contributed by atoms with E-state index in [4.69, 9.17) is 9.31 Å². The average molecular weight is 230 g/mol. The Morgan fingerprint density at radius 2 is 1.88 bits per heavy atom. The summed E-state index contributed by atoms with van der Waals surface area (Å²) in [6.45, 7) is 8.46. The minimum atomic E-state index is -1.40. The summed E-state index contributed by atoms with van der Waals surface area (Å²) >= 11 is 0. The fraction of sp³-hybridized carbons (Fsp3) is 0.909. The van der Waals surface area contributed by atoms with Gasteiger partial charge in [-0.3, -0.25) is 4.79 Å². The van der Waals surface area contributed by atoms with Gasteiger partial charge in [-0.2, -0.15) is 0 Å². The maximum Gasteiger partial charge on any atom is 0.460 e. The number of hydrogen-bond acceptors (Lipinski definition) is 3. The summed E-state index contributed by atoms with van der Waals surface area (Å²) in [5, 5.41) is 0. The third-order valence-electron chi connectivity index (χ3n) is 2.71. The van der Waals surface area contributed by atoms with Crippen LogP contribution in [0.15, 0.2) is 0 Å².